The topological polar surface area (TPSA) is 55.0 Å². The zero-order chi connectivity index (χ0) is 9.80. The van der Waals surface area contributed by atoms with Crippen molar-refractivity contribution < 1.29 is 4.74 Å². The molecule has 0 aromatic carbocycles. The third-order valence-electron chi connectivity index (χ3n) is 1.59. The fraction of sp³-hybridized carbons (Fsp3) is 0.111. The average molecular weight is 208 g/mol. The Morgan fingerprint density at radius 3 is 3.21 bits per heavy atom. The van der Waals surface area contributed by atoms with Gasteiger partial charge in [0.1, 0.15) is 17.4 Å². The fourth-order valence-corrected chi connectivity index (χ4v) is 1.51. The van der Waals surface area contributed by atoms with Crippen LogP contribution in [0.1, 0.15) is 5.01 Å². The van der Waals surface area contributed by atoms with E-state index in [1.165, 1.54) is 17.4 Å². The van der Waals surface area contributed by atoms with Gasteiger partial charge in [-0.1, -0.05) is 0 Å². The summed E-state index contributed by atoms with van der Waals surface area (Å²) in [5.41, 5.74) is -0.165. The number of hydrogen-bond acceptors (Lipinski definition) is 4. The van der Waals surface area contributed by atoms with E-state index in [2.05, 4.69) is 9.97 Å². The lowest BCUT2D eigenvalue weighted by Crippen LogP contribution is -2.04. The first-order chi connectivity index (χ1) is 6.84. The van der Waals surface area contributed by atoms with Crippen molar-refractivity contribution in [3.05, 3.63) is 45.3 Å². The van der Waals surface area contributed by atoms with Crippen LogP contribution in [0.5, 0.6) is 5.75 Å². The molecule has 2 aromatic rings. The molecule has 0 amide bonds. The average Bonchev–Trinajstić information content (AvgIpc) is 2.67. The molecular formula is C9H8N2O2S. The van der Waals surface area contributed by atoms with Crippen LogP contribution < -0.4 is 10.3 Å². The summed E-state index contributed by atoms with van der Waals surface area (Å²) in [5.74, 6) is 0.559. The summed E-state index contributed by atoms with van der Waals surface area (Å²) < 4.78 is 5.36. The highest BCUT2D eigenvalue weighted by Gasteiger charge is 1.97. The van der Waals surface area contributed by atoms with Gasteiger partial charge >= 0.3 is 0 Å². The maximum atomic E-state index is 10.9. The Hall–Kier alpha value is -1.62. The first kappa shape index (κ1) is 8.96. The molecule has 0 atom stereocenters. The normalized spacial score (nSPS) is 10.0. The molecule has 0 unspecified atom stereocenters. The standard InChI is InChI=1S/C9H8N2O2S/c12-8-5-7(1-2-10-8)13-6-9-11-3-4-14-9/h1-5H,6H2,(H,10,12). The summed E-state index contributed by atoms with van der Waals surface area (Å²) in [6.45, 7) is 0.404. The highest BCUT2D eigenvalue weighted by atomic mass is 32.1. The lowest BCUT2D eigenvalue weighted by molar-refractivity contribution is 0.305. The molecule has 0 radical (unpaired) electrons. The number of rotatable bonds is 3. The molecule has 2 aromatic heterocycles. The largest absolute Gasteiger partial charge is 0.486 e. The van der Waals surface area contributed by atoms with E-state index in [1.54, 1.807) is 18.5 Å². The quantitative estimate of drug-likeness (QED) is 0.829. The lowest BCUT2D eigenvalue weighted by atomic mass is 10.4. The second-order valence-electron chi connectivity index (χ2n) is 2.60. The molecule has 2 rings (SSSR count). The maximum Gasteiger partial charge on any atom is 0.251 e. The molecule has 0 saturated carbocycles. The van der Waals surface area contributed by atoms with Gasteiger partial charge in [0.15, 0.2) is 0 Å². The molecule has 5 heteroatoms. The highest BCUT2D eigenvalue weighted by Crippen LogP contribution is 2.10. The van der Waals surface area contributed by atoms with Crippen LogP contribution in [0.4, 0.5) is 0 Å². The van der Waals surface area contributed by atoms with Crippen LogP contribution in [-0.2, 0) is 6.61 Å². The Bertz CT molecular complexity index is 450. The molecule has 0 bridgehead atoms. The number of ether oxygens (including phenoxy) is 1. The van der Waals surface area contributed by atoms with Gasteiger partial charge in [0.2, 0.25) is 0 Å². The van der Waals surface area contributed by atoms with E-state index in [0.717, 1.165) is 5.01 Å². The monoisotopic (exact) mass is 208 g/mol. The molecule has 0 aliphatic carbocycles. The van der Waals surface area contributed by atoms with Gasteiger partial charge in [-0.3, -0.25) is 4.79 Å². The summed E-state index contributed by atoms with van der Waals surface area (Å²) in [5, 5.41) is 2.78. The van der Waals surface area contributed by atoms with Gasteiger partial charge < -0.3 is 9.72 Å². The van der Waals surface area contributed by atoms with Crippen molar-refractivity contribution in [2.45, 2.75) is 6.61 Å². The summed E-state index contributed by atoms with van der Waals surface area (Å²) >= 11 is 1.52. The van der Waals surface area contributed by atoms with Crippen LogP contribution in [0, 0.1) is 0 Å². The number of H-pyrrole nitrogens is 1. The highest BCUT2D eigenvalue weighted by molar-refractivity contribution is 7.09. The van der Waals surface area contributed by atoms with Crippen LogP contribution in [0.2, 0.25) is 0 Å². The van der Waals surface area contributed by atoms with E-state index in [0.29, 0.717) is 12.4 Å². The number of pyridine rings is 1. The van der Waals surface area contributed by atoms with Crippen molar-refractivity contribution in [2.24, 2.45) is 0 Å². The summed E-state index contributed by atoms with van der Waals surface area (Å²) in [6, 6.07) is 3.11. The van der Waals surface area contributed by atoms with Gasteiger partial charge in [0.25, 0.3) is 5.56 Å². The van der Waals surface area contributed by atoms with E-state index < -0.39 is 0 Å². The van der Waals surface area contributed by atoms with Crippen molar-refractivity contribution in [3.8, 4) is 5.75 Å². The van der Waals surface area contributed by atoms with E-state index in [-0.39, 0.29) is 5.56 Å². The number of thiazole rings is 1. The van der Waals surface area contributed by atoms with Crippen molar-refractivity contribution in [3.63, 3.8) is 0 Å². The Morgan fingerprint density at radius 2 is 2.50 bits per heavy atom. The van der Waals surface area contributed by atoms with Gasteiger partial charge in [0, 0.05) is 23.8 Å². The molecule has 2 heterocycles. The number of aromatic amines is 1. The molecule has 0 fully saturated rings. The van der Waals surface area contributed by atoms with Gasteiger partial charge in [0.05, 0.1) is 0 Å². The number of hydrogen-bond donors (Lipinski definition) is 1. The Kier molecular flexibility index (Phi) is 2.60. The predicted molar refractivity (Wildman–Crippen MR) is 53.5 cm³/mol. The van der Waals surface area contributed by atoms with Crippen LogP contribution in [0.25, 0.3) is 0 Å². The molecule has 72 valence electrons. The number of aromatic nitrogens is 2. The minimum Gasteiger partial charge on any atom is -0.486 e. The zero-order valence-electron chi connectivity index (χ0n) is 7.27. The first-order valence-electron chi connectivity index (χ1n) is 4.04. The SMILES string of the molecule is O=c1cc(OCc2nccs2)cc[nH]1. The predicted octanol–water partition coefficient (Wildman–Crippen LogP) is 1.41. The van der Waals surface area contributed by atoms with Gasteiger partial charge in [-0.15, -0.1) is 11.3 Å². The van der Waals surface area contributed by atoms with Crippen molar-refractivity contribution in [1.82, 2.24) is 9.97 Å². The van der Waals surface area contributed by atoms with E-state index in [1.807, 2.05) is 5.38 Å². The zero-order valence-corrected chi connectivity index (χ0v) is 8.08. The van der Waals surface area contributed by atoms with Crippen molar-refractivity contribution >= 4 is 11.3 Å². The third kappa shape index (κ3) is 2.20. The minimum absolute atomic E-state index is 0.165. The molecule has 0 saturated heterocycles. The molecule has 1 N–H and O–H groups in total. The van der Waals surface area contributed by atoms with Gasteiger partial charge in [-0.25, -0.2) is 4.98 Å². The molecule has 0 aliphatic heterocycles. The van der Waals surface area contributed by atoms with Crippen LogP contribution in [0.3, 0.4) is 0 Å². The Balaban J connectivity index is 2.02. The van der Waals surface area contributed by atoms with Crippen molar-refractivity contribution in [2.75, 3.05) is 0 Å². The third-order valence-corrected chi connectivity index (χ3v) is 2.35. The van der Waals surface area contributed by atoms with Crippen molar-refractivity contribution in [1.29, 1.82) is 0 Å². The summed E-state index contributed by atoms with van der Waals surface area (Å²) in [7, 11) is 0. The molecule has 14 heavy (non-hydrogen) atoms. The molecular weight excluding hydrogens is 200 g/mol. The molecule has 4 nitrogen and oxygen atoms in total. The van der Waals surface area contributed by atoms with Crippen LogP contribution >= 0.6 is 11.3 Å². The van der Waals surface area contributed by atoms with Gasteiger partial charge in [-0.05, 0) is 6.07 Å². The second-order valence-corrected chi connectivity index (χ2v) is 3.58. The van der Waals surface area contributed by atoms with Gasteiger partial charge in [-0.2, -0.15) is 0 Å². The van der Waals surface area contributed by atoms with E-state index in [4.69, 9.17) is 4.74 Å². The fourth-order valence-electron chi connectivity index (χ4n) is 0.984. The number of nitrogens with one attached hydrogen (secondary N) is 1. The van der Waals surface area contributed by atoms with Crippen LogP contribution in [-0.4, -0.2) is 9.97 Å². The summed E-state index contributed by atoms with van der Waals surface area (Å²) in [6.07, 6.45) is 3.28. The lowest BCUT2D eigenvalue weighted by Gasteiger charge is -2.01. The van der Waals surface area contributed by atoms with E-state index in [9.17, 15) is 4.79 Å². The molecule has 0 aliphatic rings. The Labute approximate surface area is 84.2 Å². The van der Waals surface area contributed by atoms with Crippen LogP contribution in [0.15, 0.2) is 34.7 Å². The Morgan fingerprint density at radius 1 is 1.57 bits per heavy atom. The first-order valence-corrected chi connectivity index (χ1v) is 4.92. The maximum absolute atomic E-state index is 10.9. The molecule has 0 spiro atoms. The second kappa shape index (κ2) is 4.06. The smallest absolute Gasteiger partial charge is 0.251 e. The minimum atomic E-state index is -0.165. The van der Waals surface area contributed by atoms with E-state index >= 15 is 0 Å². The summed E-state index contributed by atoms with van der Waals surface area (Å²) in [4.78, 5) is 17.5. The number of nitrogens with zero attached hydrogens (tertiary/aromatic N) is 1.